The average molecular weight is 421 g/mol. The van der Waals surface area contributed by atoms with Crippen molar-refractivity contribution in [2.45, 2.75) is 27.7 Å². The van der Waals surface area contributed by atoms with Crippen molar-refractivity contribution in [3.05, 3.63) is 0 Å². The molecule has 0 aliphatic heterocycles. The van der Waals surface area contributed by atoms with Crippen LogP contribution in [0.15, 0.2) is 0 Å². The summed E-state index contributed by atoms with van der Waals surface area (Å²) < 4.78 is 22.8. The van der Waals surface area contributed by atoms with Crippen molar-refractivity contribution in [2.24, 2.45) is 0 Å². The molecule has 0 heterocycles. The van der Waals surface area contributed by atoms with Gasteiger partial charge in [0, 0.05) is 23.9 Å². The van der Waals surface area contributed by atoms with Crippen LogP contribution in [0.5, 0.6) is 0 Å². The Labute approximate surface area is 237 Å². The molecule has 15 heteroatoms. The summed E-state index contributed by atoms with van der Waals surface area (Å²) in [4.78, 5) is 35.6. The van der Waals surface area contributed by atoms with E-state index in [1.165, 1.54) is 0 Å². The maximum Gasteiger partial charge on any atom is 2.00 e. The fourth-order valence-electron chi connectivity index (χ4n) is 0. The van der Waals surface area contributed by atoms with E-state index in [0.29, 0.717) is 0 Å². The van der Waals surface area contributed by atoms with E-state index in [0.717, 1.165) is 27.7 Å². The Balaban J connectivity index is -0.0000000197. The van der Waals surface area contributed by atoms with E-state index in [1.807, 2.05) is 0 Å². The number of carbonyl (C=O) groups excluding carboxylic acids is 4. The van der Waals surface area contributed by atoms with E-state index in [-0.39, 0.29) is 126 Å². The van der Waals surface area contributed by atoms with Gasteiger partial charge < -0.3 is 39.6 Å². The summed E-state index contributed by atoms with van der Waals surface area (Å²) in [6, 6.07) is 0. The van der Waals surface area contributed by atoms with Crippen LogP contribution in [0, 0.1) is 0 Å². The van der Waals surface area contributed by atoms with E-state index in [1.54, 1.807) is 0 Å². The average Bonchev–Trinajstić information content (AvgIpc) is 1.94. The maximum absolute atomic E-state index is 8.89. The zero-order valence-corrected chi connectivity index (χ0v) is 22.2. The Morgan fingerprint density at radius 3 is 0.652 bits per heavy atom. The Morgan fingerprint density at radius 1 is 0.652 bits per heavy atom. The van der Waals surface area contributed by atoms with Gasteiger partial charge in [0.05, 0.1) is 0 Å². The van der Waals surface area contributed by atoms with Gasteiger partial charge in [0.25, 0.3) is 11.4 Å². The topological polar surface area (TPSA) is 218 Å². The van der Waals surface area contributed by atoms with E-state index >= 15 is 0 Å². The van der Waals surface area contributed by atoms with Crippen molar-refractivity contribution in [3.8, 4) is 0 Å². The number of carboxylic acid groups (broad SMARTS) is 4. The van der Waals surface area contributed by atoms with Gasteiger partial charge in [-0.05, 0) is 27.7 Å². The molecule has 23 heavy (non-hydrogen) atoms. The summed E-state index contributed by atoms with van der Waals surface area (Å²) in [5, 5.41) is 35.6. The van der Waals surface area contributed by atoms with Gasteiger partial charge in [0.2, 0.25) is 0 Å². The number of carboxylic acids is 4. The summed E-state index contributed by atoms with van der Waals surface area (Å²) in [6.45, 7) is 3.89. The van der Waals surface area contributed by atoms with E-state index < -0.39 is 35.2 Å². The third-order valence-electron chi connectivity index (χ3n) is 0. The molecule has 11 nitrogen and oxygen atoms in total. The monoisotopic (exact) mass is 420 g/mol. The summed E-state index contributed by atoms with van der Waals surface area (Å²) in [6.07, 6.45) is 0. The maximum atomic E-state index is 8.89. The molecule has 0 fully saturated rings. The third kappa shape index (κ3) is 2930. The zero-order valence-electron chi connectivity index (χ0n) is 13.7. The predicted molar refractivity (Wildman–Crippen MR) is 61.9 cm³/mol. The first kappa shape index (κ1) is 49.8. The van der Waals surface area contributed by atoms with Crippen LogP contribution in [-0.4, -0.2) is 60.2 Å². The Kier molecular flexibility index (Phi) is 95.2. The molecule has 0 aromatic carbocycles. The van der Waals surface area contributed by atoms with Crippen LogP contribution in [0.25, 0.3) is 0 Å². The fourth-order valence-corrected chi connectivity index (χ4v) is 0. The van der Waals surface area contributed by atoms with Gasteiger partial charge in [0.15, 0.2) is 0 Å². The minimum atomic E-state index is -2.61. The first-order chi connectivity index (χ1) is 8.66. The fraction of sp³-hybridized carbons (Fsp3) is 0.500. The van der Waals surface area contributed by atoms with Crippen LogP contribution in [-0.2, 0) is 30.5 Å². The van der Waals surface area contributed by atoms with Crippen molar-refractivity contribution in [1.29, 1.82) is 0 Å². The van der Waals surface area contributed by atoms with Crippen LogP contribution < -0.4 is 123 Å². The molecule has 122 valence electrons. The molecule has 0 aliphatic rings. The molecule has 0 aromatic rings. The van der Waals surface area contributed by atoms with Gasteiger partial charge in [0.1, 0.15) is 0 Å². The second-order valence-corrected chi connectivity index (χ2v) is 2.66. The molecule has 0 spiro atoms. The molecule has 0 saturated carbocycles. The SMILES string of the molecule is CC(=O)[O-].CC(=O)[O-].CC(=O)[O-].CC(=O)[O-].O=S(O)O.[K+].[K+].[Mg+2]. The smallest absolute Gasteiger partial charge is 0.550 e. The Hall–Kier alpha value is 1.99. The molecule has 0 rings (SSSR count). The molecule has 0 amide bonds. The molecule has 0 atom stereocenters. The molecule has 0 bridgehead atoms. The molecule has 0 unspecified atom stereocenters. The first-order valence-corrected chi connectivity index (χ1v) is 5.23. The molecule has 0 radical (unpaired) electrons. The number of carbonyl (C=O) groups is 4. The van der Waals surface area contributed by atoms with Gasteiger partial charge in [-0.2, -0.15) is 4.21 Å². The molecular weight excluding hydrogens is 407 g/mol. The first-order valence-electron chi connectivity index (χ1n) is 4.16. The number of aliphatic carboxylic acids is 4. The number of hydrogen-bond acceptors (Lipinski definition) is 9. The number of hydrogen-bond donors (Lipinski definition) is 2. The molecule has 2 N–H and O–H groups in total. The van der Waals surface area contributed by atoms with Gasteiger partial charge in [-0.3, -0.25) is 9.11 Å². The van der Waals surface area contributed by atoms with Crippen molar-refractivity contribution >= 4 is 58.3 Å². The second-order valence-electron chi connectivity index (χ2n) is 2.20. The van der Waals surface area contributed by atoms with Crippen molar-refractivity contribution in [2.75, 3.05) is 0 Å². The second kappa shape index (κ2) is 43.9. The third-order valence-corrected chi connectivity index (χ3v) is 0. The summed E-state index contributed by atoms with van der Waals surface area (Å²) in [5.74, 6) is -4.33. The predicted octanol–water partition coefficient (Wildman–Crippen LogP) is -11.7. The molecule has 0 aromatic heterocycles. The van der Waals surface area contributed by atoms with Gasteiger partial charge in [-0.1, -0.05) is 0 Å². The minimum absolute atomic E-state index is 0. The van der Waals surface area contributed by atoms with E-state index in [9.17, 15) is 0 Å². The summed E-state index contributed by atoms with van der Waals surface area (Å²) >= 11 is -2.61. The van der Waals surface area contributed by atoms with Crippen LogP contribution in [0.4, 0.5) is 0 Å². The van der Waals surface area contributed by atoms with Gasteiger partial charge in [-0.15, -0.1) is 0 Å². The molecule has 0 aliphatic carbocycles. The van der Waals surface area contributed by atoms with Crippen LogP contribution in [0.2, 0.25) is 0 Å². The van der Waals surface area contributed by atoms with Crippen LogP contribution in [0.1, 0.15) is 27.7 Å². The standard InChI is InChI=1S/4C2H4O2.2K.Mg.H2O3S/c4*1-2(3)4;;;;1-4(2)3/h4*1H3,(H,3,4);;;;(H2,1,2,3)/q;;;;2*+1;+2;/p-4. The number of rotatable bonds is 0. The van der Waals surface area contributed by atoms with Crippen molar-refractivity contribution < 1.29 is 156 Å². The van der Waals surface area contributed by atoms with E-state index in [4.69, 9.17) is 52.9 Å². The van der Waals surface area contributed by atoms with Crippen molar-refractivity contribution in [3.63, 3.8) is 0 Å². The minimum Gasteiger partial charge on any atom is -0.550 e. The van der Waals surface area contributed by atoms with Crippen LogP contribution >= 0.6 is 0 Å². The summed E-state index contributed by atoms with van der Waals surface area (Å²) in [7, 11) is 0. The van der Waals surface area contributed by atoms with Crippen LogP contribution in [0.3, 0.4) is 0 Å². The Bertz CT molecular complexity index is 225. The zero-order chi connectivity index (χ0) is 17.9. The Morgan fingerprint density at radius 2 is 0.652 bits per heavy atom. The summed E-state index contributed by atoms with van der Waals surface area (Å²) in [5.41, 5.74) is 0. The molecular formula is C8H14K2MgO11S. The molecule has 0 saturated heterocycles. The van der Waals surface area contributed by atoms with Gasteiger partial charge in [-0.25, -0.2) is 0 Å². The van der Waals surface area contributed by atoms with E-state index in [2.05, 4.69) is 0 Å². The quantitative estimate of drug-likeness (QED) is 0.276. The largest absolute Gasteiger partial charge is 2.00 e. The normalized spacial score (nSPS) is 5.87. The van der Waals surface area contributed by atoms with Gasteiger partial charge >= 0.3 is 126 Å². The van der Waals surface area contributed by atoms with Crippen molar-refractivity contribution in [1.82, 2.24) is 0 Å².